The minimum Gasteiger partial charge on any atom is -0.466 e. The molecule has 0 fully saturated rings. The number of unbranched alkanes of at least 4 members (excludes halogenated alkanes) is 23. The normalized spacial score (nSPS) is 12.1. The first-order valence-electron chi connectivity index (χ1n) is 24.2. The standard InChI is InChI=1S/C48H89N3O6/c1-4-7-10-13-15-24-31-41-56-43(52)35-27-20-16-22-29-38-51(40-32-37-50-46-45(49)47(54)48(46)55)39-30-23-17-21-28-36-44(53)57-42(33-25-18-12-9-6-3)34-26-19-14-11-8-5-2/h42,50H,4-41,49H2,1-3H3. The van der Waals surface area contributed by atoms with E-state index >= 15 is 0 Å². The van der Waals surface area contributed by atoms with Gasteiger partial charge in [-0.05, 0) is 83.8 Å². The summed E-state index contributed by atoms with van der Waals surface area (Å²) in [6.07, 6.45) is 37.0. The fourth-order valence-electron chi connectivity index (χ4n) is 7.66. The summed E-state index contributed by atoms with van der Waals surface area (Å²) in [6.45, 7) is 10.9. The van der Waals surface area contributed by atoms with Crippen LogP contribution in [-0.2, 0) is 19.1 Å². The van der Waals surface area contributed by atoms with Crippen molar-refractivity contribution in [2.75, 3.05) is 43.8 Å². The molecule has 1 aromatic carbocycles. The van der Waals surface area contributed by atoms with E-state index < -0.39 is 10.9 Å². The third kappa shape index (κ3) is 29.4. The molecule has 0 aliphatic carbocycles. The Balaban J connectivity index is 2.32. The van der Waals surface area contributed by atoms with Crippen LogP contribution in [0.4, 0.5) is 11.4 Å². The average Bonchev–Trinajstić information content (AvgIpc) is 3.21. The summed E-state index contributed by atoms with van der Waals surface area (Å²) in [5.41, 5.74) is 4.91. The average molecular weight is 804 g/mol. The van der Waals surface area contributed by atoms with Crippen molar-refractivity contribution in [3.05, 3.63) is 20.4 Å². The first-order valence-corrected chi connectivity index (χ1v) is 24.2. The van der Waals surface area contributed by atoms with E-state index in [4.69, 9.17) is 15.2 Å². The van der Waals surface area contributed by atoms with Gasteiger partial charge in [-0.2, -0.15) is 0 Å². The number of anilines is 2. The van der Waals surface area contributed by atoms with E-state index in [1.807, 2.05) is 0 Å². The van der Waals surface area contributed by atoms with Gasteiger partial charge in [0.25, 0.3) is 10.9 Å². The van der Waals surface area contributed by atoms with Gasteiger partial charge in [-0.15, -0.1) is 0 Å². The highest BCUT2D eigenvalue weighted by atomic mass is 16.5. The lowest BCUT2D eigenvalue weighted by atomic mass is 10.0. The Morgan fingerprint density at radius 1 is 0.526 bits per heavy atom. The highest BCUT2D eigenvalue weighted by Crippen LogP contribution is 2.19. The van der Waals surface area contributed by atoms with Crippen molar-refractivity contribution in [3.63, 3.8) is 0 Å². The number of carbonyl (C=O) groups is 2. The summed E-state index contributed by atoms with van der Waals surface area (Å²) in [5.74, 6) is -0.0642. The largest absolute Gasteiger partial charge is 0.466 e. The first-order chi connectivity index (χ1) is 27.8. The van der Waals surface area contributed by atoms with Crippen LogP contribution in [0.25, 0.3) is 0 Å². The van der Waals surface area contributed by atoms with Gasteiger partial charge in [0.15, 0.2) is 0 Å². The molecule has 0 aromatic heterocycles. The molecule has 0 saturated heterocycles. The van der Waals surface area contributed by atoms with Gasteiger partial charge < -0.3 is 25.4 Å². The molecule has 0 amide bonds. The lowest BCUT2D eigenvalue weighted by Gasteiger charge is -2.23. The lowest BCUT2D eigenvalue weighted by Crippen LogP contribution is -2.37. The third-order valence-corrected chi connectivity index (χ3v) is 11.4. The quantitative estimate of drug-likeness (QED) is 0.0377. The molecule has 0 aliphatic rings. The number of carbonyl (C=O) groups excluding carboxylic acids is 2. The van der Waals surface area contributed by atoms with Crippen LogP contribution in [0, 0.1) is 0 Å². The van der Waals surface area contributed by atoms with Crippen molar-refractivity contribution in [2.24, 2.45) is 0 Å². The third-order valence-electron chi connectivity index (χ3n) is 11.4. The number of nitrogens with zero attached hydrogens (tertiary/aromatic N) is 1. The van der Waals surface area contributed by atoms with Crippen LogP contribution in [0.1, 0.15) is 233 Å². The highest BCUT2D eigenvalue weighted by Gasteiger charge is 2.17. The van der Waals surface area contributed by atoms with Gasteiger partial charge >= 0.3 is 11.9 Å². The molecule has 0 radical (unpaired) electrons. The van der Waals surface area contributed by atoms with Crippen LogP contribution in [0.2, 0.25) is 0 Å². The Morgan fingerprint density at radius 3 is 1.46 bits per heavy atom. The van der Waals surface area contributed by atoms with E-state index in [-0.39, 0.29) is 29.4 Å². The van der Waals surface area contributed by atoms with Crippen LogP contribution in [0.3, 0.4) is 0 Å². The second kappa shape index (κ2) is 37.8. The van der Waals surface area contributed by atoms with Crippen LogP contribution in [0.5, 0.6) is 0 Å². The molecule has 1 aromatic rings. The monoisotopic (exact) mass is 804 g/mol. The van der Waals surface area contributed by atoms with Gasteiger partial charge in [0.1, 0.15) is 17.5 Å². The van der Waals surface area contributed by atoms with E-state index in [1.54, 1.807) is 0 Å². The van der Waals surface area contributed by atoms with Gasteiger partial charge in [-0.25, -0.2) is 0 Å². The second-order valence-electron chi connectivity index (χ2n) is 16.8. The number of hydrogen-bond donors (Lipinski definition) is 2. The summed E-state index contributed by atoms with van der Waals surface area (Å²) in [7, 11) is 0. The summed E-state index contributed by atoms with van der Waals surface area (Å²) >= 11 is 0. The molecule has 0 spiro atoms. The molecule has 1 atom stereocenters. The Hall–Kier alpha value is -2.42. The number of nitrogens with one attached hydrogen (secondary N) is 1. The second-order valence-corrected chi connectivity index (χ2v) is 16.8. The molecule has 332 valence electrons. The molecule has 9 heteroatoms. The van der Waals surface area contributed by atoms with Gasteiger partial charge in [-0.1, -0.05) is 156 Å². The maximum Gasteiger partial charge on any atom is 0.306 e. The van der Waals surface area contributed by atoms with Crippen molar-refractivity contribution >= 4 is 23.3 Å². The van der Waals surface area contributed by atoms with Gasteiger partial charge in [0.2, 0.25) is 0 Å². The number of nitrogen functional groups attached to an aromatic ring is 1. The van der Waals surface area contributed by atoms with Crippen LogP contribution in [-0.4, -0.2) is 55.7 Å². The molecule has 57 heavy (non-hydrogen) atoms. The molecule has 9 nitrogen and oxygen atoms in total. The van der Waals surface area contributed by atoms with Crippen molar-refractivity contribution in [2.45, 2.75) is 239 Å². The molecular formula is C48H89N3O6. The van der Waals surface area contributed by atoms with E-state index in [0.29, 0.717) is 26.0 Å². The summed E-state index contributed by atoms with van der Waals surface area (Å²) in [4.78, 5) is 50.6. The molecule has 3 N–H and O–H groups in total. The molecule has 1 unspecified atom stereocenters. The SMILES string of the molecule is CCCCCCCCCOC(=O)CCCCCCCN(CCCCCCCC(=O)OC(CCCCCCC)CCCCCCCC)CCCNc1c(N)c(=O)c1=O. The molecule has 0 heterocycles. The van der Waals surface area contributed by atoms with Crippen LogP contribution in [0.15, 0.2) is 9.59 Å². The van der Waals surface area contributed by atoms with E-state index in [2.05, 4.69) is 31.0 Å². The molecular weight excluding hydrogens is 715 g/mol. The zero-order chi connectivity index (χ0) is 41.6. The lowest BCUT2D eigenvalue weighted by molar-refractivity contribution is -0.150. The minimum atomic E-state index is -0.586. The molecule has 1 rings (SSSR count). The summed E-state index contributed by atoms with van der Waals surface area (Å²) in [6, 6.07) is 0. The Kier molecular flexibility index (Phi) is 34.9. The van der Waals surface area contributed by atoms with Crippen molar-refractivity contribution in [3.8, 4) is 0 Å². The molecule has 0 bridgehead atoms. The first kappa shape index (κ1) is 52.6. The Bertz CT molecular complexity index is 1170. The number of ether oxygens (including phenoxy) is 2. The van der Waals surface area contributed by atoms with Crippen molar-refractivity contribution in [1.82, 2.24) is 4.90 Å². The summed E-state index contributed by atoms with van der Waals surface area (Å²) in [5, 5.41) is 3.06. The van der Waals surface area contributed by atoms with Crippen LogP contribution < -0.4 is 21.9 Å². The number of rotatable bonds is 43. The molecule has 0 saturated carbocycles. The van der Waals surface area contributed by atoms with E-state index in [9.17, 15) is 19.2 Å². The van der Waals surface area contributed by atoms with E-state index in [1.165, 1.54) is 89.9 Å². The van der Waals surface area contributed by atoms with Crippen LogP contribution >= 0.6 is 0 Å². The summed E-state index contributed by atoms with van der Waals surface area (Å²) < 4.78 is 11.5. The van der Waals surface area contributed by atoms with Gasteiger partial charge in [-0.3, -0.25) is 19.2 Å². The maximum atomic E-state index is 12.8. The number of hydrogen-bond acceptors (Lipinski definition) is 9. The predicted octanol–water partition coefficient (Wildman–Crippen LogP) is 12.0. The topological polar surface area (TPSA) is 128 Å². The van der Waals surface area contributed by atoms with Gasteiger partial charge in [0, 0.05) is 19.4 Å². The molecule has 0 aliphatic heterocycles. The zero-order valence-corrected chi connectivity index (χ0v) is 37.4. The van der Waals surface area contributed by atoms with Crippen molar-refractivity contribution in [1.29, 1.82) is 0 Å². The zero-order valence-electron chi connectivity index (χ0n) is 37.4. The number of esters is 2. The van der Waals surface area contributed by atoms with Crippen molar-refractivity contribution < 1.29 is 19.1 Å². The van der Waals surface area contributed by atoms with E-state index in [0.717, 1.165) is 129 Å². The fraction of sp³-hybridized carbons (Fsp3) is 0.875. The smallest absolute Gasteiger partial charge is 0.306 e. The fourth-order valence-corrected chi connectivity index (χ4v) is 7.66. The minimum absolute atomic E-state index is 0.0106. The Labute approximate surface area is 349 Å². The highest BCUT2D eigenvalue weighted by molar-refractivity contribution is 5.71. The number of nitrogens with two attached hydrogens (primary N) is 1. The predicted molar refractivity (Wildman–Crippen MR) is 241 cm³/mol. The van der Waals surface area contributed by atoms with Gasteiger partial charge in [0.05, 0.1) is 6.61 Å². The Morgan fingerprint density at radius 2 is 0.947 bits per heavy atom. The maximum absolute atomic E-state index is 12.8.